The number of carbonyl (C=O) groups is 2. The fraction of sp³-hybridized carbons (Fsp3) is 0.222. The number of amides is 1. The van der Waals surface area contributed by atoms with Crippen LogP contribution in [0.4, 0.5) is 0 Å². The maximum atomic E-state index is 12.4. The third-order valence-electron chi connectivity index (χ3n) is 3.60. The van der Waals surface area contributed by atoms with E-state index in [1.165, 1.54) is 31.4 Å². The maximum absolute atomic E-state index is 12.4. The van der Waals surface area contributed by atoms with Crippen LogP contribution in [0.5, 0.6) is 0 Å². The number of methoxy groups -OCH3 is 1. The lowest BCUT2D eigenvalue weighted by Gasteiger charge is -2.17. The standard InChI is InChI=1S/C18H19NO5S/c1-24-18(21)16(11-13-7-4-3-5-8-13)19-17(20)14-9-6-10-15(12-14)25(2,22)23/h3-10,12,16H,11H2,1-2H3,(H,19,20)/t16-/m0/s1. The zero-order valence-corrected chi connectivity index (χ0v) is 14.7. The van der Waals surface area contributed by atoms with E-state index < -0.39 is 27.8 Å². The number of nitrogens with one attached hydrogen (secondary N) is 1. The third kappa shape index (κ3) is 5.15. The number of rotatable bonds is 6. The molecule has 0 bridgehead atoms. The number of carbonyl (C=O) groups excluding carboxylic acids is 2. The molecule has 0 aliphatic heterocycles. The topological polar surface area (TPSA) is 89.5 Å². The first-order chi connectivity index (χ1) is 11.8. The quantitative estimate of drug-likeness (QED) is 0.790. The van der Waals surface area contributed by atoms with E-state index in [4.69, 9.17) is 4.74 Å². The summed E-state index contributed by atoms with van der Waals surface area (Å²) in [6.07, 6.45) is 1.34. The van der Waals surface area contributed by atoms with Crippen molar-refractivity contribution in [3.05, 3.63) is 65.7 Å². The van der Waals surface area contributed by atoms with Crippen LogP contribution in [-0.2, 0) is 25.8 Å². The van der Waals surface area contributed by atoms with Crippen molar-refractivity contribution >= 4 is 21.7 Å². The van der Waals surface area contributed by atoms with Gasteiger partial charge in [0, 0.05) is 18.2 Å². The van der Waals surface area contributed by atoms with Crippen LogP contribution in [0.15, 0.2) is 59.5 Å². The normalized spacial score (nSPS) is 12.2. The predicted molar refractivity (Wildman–Crippen MR) is 93.0 cm³/mol. The molecule has 0 saturated carbocycles. The lowest BCUT2D eigenvalue weighted by molar-refractivity contribution is -0.142. The summed E-state index contributed by atoms with van der Waals surface area (Å²) in [5, 5.41) is 2.60. The van der Waals surface area contributed by atoms with Gasteiger partial charge in [-0.05, 0) is 23.8 Å². The average Bonchev–Trinajstić information content (AvgIpc) is 2.60. The van der Waals surface area contributed by atoms with Crippen LogP contribution in [-0.4, -0.2) is 39.7 Å². The molecule has 0 radical (unpaired) electrons. The summed E-state index contributed by atoms with van der Waals surface area (Å²) in [7, 11) is -2.18. The van der Waals surface area contributed by atoms with Crippen LogP contribution in [0, 0.1) is 0 Å². The van der Waals surface area contributed by atoms with E-state index in [1.807, 2.05) is 30.3 Å². The van der Waals surface area contributed by atoms with Gasteiger partial charge in [-0.3, -0.25) is 4.79 Å². The van der Waals surface area contributed by atoms with Crippen molar-refractivity contribution in [1.29, 1.82) is 0 Å². The molecule has 7 heteroatoms. The van der Waals surface area contributed by atoms with Crippen molar-refractivity contribution in [1.82, 2.24) is 5.32 Å². The van der Waals surface area contributed by atoms with Gasteiger partial charge in [0.1, 0.15) is 6.04 Å². The molecule has 25 heavy (non-hydrogen) atoms. The zero-order valence-electron chi connectivity index (χ0n) is 13.9. The van der Waals surface area contributed by atoms with Gasteiger partial charge < -0.3 is 10.1 Å². The highest BCUT2D eigenvalue weighted by molar-refractivity contribution is 7.90. The van der Waals surface area contributed by atoms with Gasteiger partial charge in [0.15, 0.2) is 9.84 Å². The van der Waals surface area contributed by atoms with Crippen molar-refractivity contribution in [2.75, 3.05) is 13.4 Å². The Hall–Kier alpha value is -2.67. The van der Waals surface area contributed by atoms with Crippen LogP contribution < -0.4 is 5.32 Å². The summed E-state index contributed by atoms with van der Waals surface area (Å²) in [6.45, 7) is 0. The van der Waals surface area contributed by atoms with E-state index in [1.54, 1.807) is 0 Å². The summed E-state index contributed by atoms with van der Waals surface area (Å²) in [5.74, 6) is -1.12. The highest BCUT2D eigenvalue weighted by atomic mass is 32.2. The molecule has 2 aromatic carbocycles. The van der Waals surface area contributed by atoms with Gasteiger partial charge in [-0.1, -0.05) is 36.4 Å². The van der Waals surface area contributed by atoms with Crippen molar-refractivity contribution < 1.29 is 22.7 Å². The molecule has 0 aliphatic rings. The van der Waals surface area contributed by atoms with E-state index in [0.29, 0.717) is 0 Å². The van der Waals surface area contributed by atoms with Crippen molar-refractivity contribution in [2.45, 2.75) is 17.4 Å². The second kappa shape index (κ2) is 7.94. The van der Waals surface area contributed by atoms with Crippen LogP contribution in [0.25, 0.3) is 0 Å². The SMILES string of the molecule is COC(=O)[C@H](Cc1ccccc1)NC(=O)c1cccc(S(C)(=O)=O)c1. The molecule has 6 nitrogen and oxygen atoms in total. The zero-order chi connectivity index (χ0) is 18.4. The number of benzene rings is 2. The molecule has 1 amide bonds. The number of sulfone groups is 1. The Morgan fingerprint density at radius 3 is 2.36 bits per heavy atom. The minimum atomic E-state index is -3.43. The Kier molecular flexibility index (Phi) is 5.93. The van der Waals surface area contributed by atoms with Gasteiger partial charge in [0.25, 0.3) is 5.91 Å². The highest BCUT2D eigenvalue weighted by Gasteiger charge is 2.23. The van der Waals surface area contributed by atoms with E-state index in [-0.39, 0.29) is 16.9 Å². The van der Waals surface area contributed by atoms with Crippen LogP contribution in [0.3, 0.4) is 0 Å². The monoisotopic (exact) mass is 361 g/mol. The fourth-order valence-electron chi connectivity index (χ4n) is 2.29. The first-order valence-corrected chi connectivity index (χ1v) is 9.43. The highest BCUT2D eigenvalue weighted by Crippen LogP contribution is 2.12. The lowest BCUT2D eigenvalue weighted by Crippen LogP contribution is -2.43. The maximum Gasteiger partial charge on any atom is 0.328 e. The minimum Gasteiger partial charge on any atom is -0.467 e. The summed E-state index contributed by atoms with van der Waals surface area (Å²) in [4.78, 5) is 24.4. The van der Waals surface area contributed by atoms with E-state index >= 15 is 0 Å². The second-order valence-electron chi connectivity index (χ2n) is 5.54. The number of hydrogen-bond donors (Lipinski definition) is 1. The molecule has 1 N–H and O–H groups in total. The Morgan fingerprint density at radius 1 is 1.08 bits per heavy atom. The Balaban J connectivity index is 2.21. The van der Waals surface area contributed by atoms with Crippen LogP contribution in [0.2, 0.25) is 0 Å². The smallest absolute Gasteiger partial charge is 0.328 e. The molecule has 0 spiro atoms. The molecule has 2 aromatic rings. The van der Waals surface area contributed by atoms with Gasteiger partial charge in [-0.15, -0.1) is 0 Å². The Morgan fingerprint density at radius 2 is 1.76 bits per heavy atom. The lowest BCUT2D eigenvalue weighted by atomic mass is 10.1. The number of ether oxygens (including phenoxy) is 1. The number of hydrogen-bond acceptors (Lipinski definition) is 5. The third-order valence-corrected chi connectivity index (χ3v) is 4.71. The van der Waals surface area contributed by atoms with Gasteiger partial charge in [-0.25, -0.2) is 13.2 Å². The van der Waals surface area contributed by atoms with Crippen LogP contribution in [0.1, 0.15) is 15.9 Å². The van der Waals surface area contributed by atoms with E-state index in [0.717, 1.165) is 11.8 Å². The van der Waals surface area contributed by atoms with E-state index in [9.17, 15) is 18.0 Å². The molecular formula is C18H19NO5S. The number of esters is 1. The molecule has 0 aromatic heterocycles. The molecule has 1 atom stereocenters. The first kappa shape index (κ1) is 18.7. The molecule has 0 unspecified atom stereocenters. The van der Waals surface area contributed by atoms with Crippen molar-refractivity contribution in [3.8, 4) is 0 Å². The minimum absolute atomic E-state index is 0.0397. The second-order valence-corrected chi connectivity index (χ2v) is 7.55. The average molecular weight is 361 g/mol. The van der Waals surface area contributed by atoms with Gasteiger partial charge in [-0.2, -0.15) is 0 Å². The summed E-state index contributed by atoms with van der Waals surface area (Å²) in [6, 6.07) is 14.0. The summed E-state index contributed by atoms with van der Waals surface area (Å²) < 4.78 is 28.0. The van der Waals surface area contributed by atoms with E-state index in [2.05, 4.69) is 5.32 Å². The molecule has 132 valence electrons. The Labute approximate surface area is 146 Å². The first-order valence-electron chi connectivity index (χ1n) is 7.54. The van der Waals surface area contributed by atoms with Gasteiger partial charge in [0.2, 0.25) is 0 Å². The summed E-state index contributed by atoms with van der Waals surface area (Å²) in [5.41, 5.74) is 1.02. The van der Waals surface area contributed by atoms with Crippen LogP contribution >= 0.6 is 0 Å². The molecule has 0 saturated heterocycles. The van der Waals surface area contributed by atoms with Crippen molar-refractivity contribution in [3.63, 3.8) is 0 Å². The molecular weight excluding hydrogens is 342 g/mol. The van der Waals surface area contributed by atoms with Gasteiger partial charge >= 0.3 is 5.97 Å². The fourth-order valence-corrected chi connectivity index (χ4v) is 2.96. The predicted octanol–water partition coefficient (Wildman–Crippen LogP) is 1.60. The molecule has 0 heterocycles. The van der Waals surface area contributed by atoms with Crippen molar-refractivity contribution in [2.24, 2.45) is 0 Å². The van der Waals surface area contributed by atoms with Gasteiger partial charge in [0.05, 0.1) is 12.0 Å². The largest absolute Gasteiger partial charge is 0.467 e. The molecule has 2 rings (SSSR count). The summed E-state index contributed by atoms with van der Waals surface area (Å²) >= 11 is 0. The Bertz CT molecular complexity index is 862. The molecule has 0 aliphatic carbocycles. The molecule has 0 fully saturated rings.